The zero-order valence-corrected chi connectivity index (χ0v) is 19.2. The molecule has 0 aliphatic heterocycles. The number of anilines is 1. The summed E-state index contributed by atoms with van der Waals surface area (Å²) in [5.74, 6) is 0.399. The van der Waals surface area contributed by atoms with Crippen molar-refractivity contribution in [3.05, 3.63) is 78.1 Å². The summed E-state index contributed by atoms with van der Waals surface area (Å²) in [6.45, 7) is 8.14. The summed E-state index contributed by atoms with van der Waals surface area (Å²) in [6, 6.07) is 18.6. The van der Waals surface area contributed by atoms with Crippen molar-refractivity contribution >= 4 is 26.7 Å². The molecule has 1 N–H and O–H groups in total. The molecule has 0 aliphatic rings. The van der Waals surface area contributed by atoms with E-state index in [1.807, 2.05) is 67.2 Å². The largest absolute Gasteiger partial charge is 0.263 e. The molecule has 0 spiro atoms. The Balaban J connectivity index is 1.76. The van der Waals surface area contributed by atoms with E-state index in [0.29, 0.717) is 5.82 Å². The van der Waals surface area contributed by atoms with Crippen LogP contribution in [0.1, 0.15) is 32.0 Å². The van der Waals surface area contributed by atoms with E-state index in [-0.39, 0.29) is 10.3 Å². The Labute approximate surface area is 183 Å². The fourth-order valence-corrected chi connectivity index (χ4v) is 4.67. The summed E-state index contributed by atoms with van der Waals surface area (Å²) in [7, 11) is -1.79. The quantitative estimate of drug-likeness (QED) is 0.487. The average Bonchev–Trinajstić information content (AvgIpc) is 3.06. The van der Waals surface area contributed by atoms with Gasteiger partial charge in [-0.1, -0.05) is 39.0 Å². The first-order valence-corrected chi connectivity index (χ1v) is 11.6. The molecule has 0 fully saturated rings. The Morgan fingerprint density at radius 2 is 1.71 bits per heavy atom. The predicted octanol–water partition coefficient (Wildman–Crippen LogP) is 4.26. The van der Waals surface area contributed by atoms with Crippen LogP contribution >= 0.6 is 0 Å². The second-order valence-corrected chi connectivity index (χ2v) is 10.5. The minimum Gasteiger partial charge on any atom is -0.263 e. The molecule has 0 bridgehead atoms. The molecule has 0 aliphatic carbocycles. The van der Waals surface area contributed by atoms with Crippen molar-refractivity contribution in [2.75, 3.05) is 4.72 Å². The van der Waals surface area contributed by atoms with Gasteiger partial charge in [0.1, 0.15) is 12.9 Å². The molecule has 4 aromatic rings. The highest BCUT2D eigenvalue weighted by atomic mass is 32.2. The van der Waals surface area contributed by atoms with Crippen molar-refractivity contribution in [2.24, 2.45) is 7.05 Å². The molecule has 7 heteroatoms. The zero-order chi connectivity index (χ0) is 22.4. The molecular formula is C24H27N4O2S+. The Bertz CT molecular complexity index is 1370. The first-order valence-electron chi connectivity index (χ1n) is 10.1. The van der Waals surface area contributed by atoms with Gasteiger partial charge in [-0.25, -0.2) is 17.7 Å². The molecule has 2 heterocycles. The average molecular weight is 436 g/mol. The van der Waals surface area contributed by atoms with Crippen molar-refractivity contribution in [3.8, 4) is 5.69 Å². The molecule has 160 valence electrons. The SMILES string of the molecule is Cc1cc(NS(=O)(=O)c2ccc(C(C)(C)C)cc2)n(-c2cccc3c2ccc[n+]3C)n1. The van der Waals surface area contributed by atoms with Gasteiger partial charge in [0.15, 0.2) is 6.20 Å². The van der Waals surface area contributed by atoms with E-state index in [9.17, 15) is 8.42 Å². The van der Waals surface area contributed by atoms with E-state index >= 15 is 0 Å². The lowest BCUT2D eigenvalue weighted by Crippen LogP contribution is -2.28. The number of fused-ring (bicyclic) bond motifs is 1. The monoisotopic (exact) mass is 435 g/mol. The highest BCUT2D eigenvalue weighted by Crippen LogP contribution is 2.27. The Kier molecular flexibility index (Phi) is 5.09. The van der Waals surface area contributed by atoms with Crippen LogP contribution in [0.2, 0.25) is 0 Å². The van der Waals surface area contributed by atoms with Gasteiger partial charge in [-0.05, 0) is 42.2 Å². The maximum Gasteiger partial charge on any atom is 0.263 e. The summed E-state index contributed by atoms with van der Waals surface area (Å²) >= 11 is 0. The summed E-state index contributed by atoms with van der Waals surface area (Å²) in [5.41, 5.74) is 3.59. The number of aryl methyl sites for hydroxylation is 2. The van der Waals surface area contributed by atoms with Crippen LogP contribution < -0.4 is 9.29 Å². The van der Waals surface area contributed by atoms with Gasteiger partial charge in [-0.3, -0.25) is 4.72 Å². The molecule has 0 radical (unpaired) electrons. The van der Waals surface area contributed by atoms with Gasteiger partial charge < -0.3 is 0 Å². The van der Waals surface area contributed by atoms with Gasteiger partial charge in [0.25, 0.3) is 10.0 Å². The van der Waals surface area contributed by atoms with Crippen LogP contribution in [-0.4, -0.2) is 18.2 Å². The van der Waals surface area contributed by atoms with Gasteiger partial charge in [0.2, 0.25) is 5.52 Å². The van der Waals surface area contributed by atoms with Crippen LogP contribution in [0, 0.1) is 6.92 Å². The number of hydrogen-bond acceptors (Lipinski definition) is 3. The number of aromatic nitrogens is 3. The molecular weight excluding hydrogens is 408 g/mol. The minimum absolute atomic E-state index is 0.0457. The first-order chi connectivity index (χ1) is 14.6. The molecule has 4 rings (SSSR count). The lowest BCUT2D eigenvalue weighted by molar-refractivity contribution is -0.644. The van der Waals surface area contributed by atoms with Crippen LogP contribution in [0.5, 0.6) is 0 Å². The van der Waals surface area contributed by atoms with E-state index in [4.69, 9.17) is 0 Å². The number of benzene rings is 2. The van der Waals surface area contributed by atoms with Gasteiger partial charge in [-0.15, -0.1) is 0 Å². The predicted molar refractivity (Wildman–Crippen MR) is 123 cm³/mol. The molecule has 0 unspecified atom stereocenters. The lowest BCUT2D eigenvalue weighted by atomic mass is 9.87. The number of hydrogen-bond donors (Lipinski definition) is 1. The topological polar surface area (TPSA) is 67.9 Å². The van der Waals surface area contributed by atoms with Crippen LogP contribution in [0.15, 0.2) is 71.8 Å². The Morgan fingerprint density at radius 1 is 1.00 bits per heavy atom. The Hall–Kier alpha value is -3.19. The van der Waals surface area contributed by atoms with E-state index < -0.39 is 10.0 Å². The van der Waals surface area contributed by atoms with Crippen molar-refractivity contribution in [1.29, 1.82) is 0 Å². The van der Waals surface area contributed by atoms with Gasteiger partial charge in [-0.2, -0.15) is 5.10 Å². The third kappa shape index (κ3) is 4.05. The molecule has 6 nitrogen and oxygen atoms in total. The molecule has 0 saturated heterocycles. The smallest absolute Gasteiger partial charge is 0.263 e. The molecule has 31 heavy (non-hydrogen) atoms. The van der Waals surface area contributed by atoms with Gasteiger partial charge in [0, 0.05) is 18.2 Å². The Morgan fingerprint density at radius 3 is 2.39 bits per heavy atom. The molecule has 0 amide bonds. The fraction of sp³-hybridized carbons (Fsp3) is 0.250. The zero-order valence-electron chi connectivity index (χ0n) is 18.4. The second kappa shape index (κ2) is 7.50. The van der Waals surface area contributed by atoms with Crippen molar-refractivity contribution < 1.29 is 13.0 Å². The summed E-state index contributed by atoms with van der Waals surface area (Å²) in [4.78, 5) is 0.218. The second-order valence-electron chi connectivity index (χ2n) is 8.79. The van der Waals surface area contributed by atoms with Gasteiger partial charge in [0.05, 0.1) is 21.7 Å². The maximum atomic E-state index is 13.1. The number of nitrogens with one attached hydrogen (secondary N) is 1. The number of sulfonamides is 1. The van der Waals surface area contributed by atoms with Crippen molar-refractivity contribution in [1.82, 2.24) is 9.78 Å². The van der Waals surface area contributed by atoms with E-state index in [1.165, 1.54) is 0 Å². The van der Waals surface area contributed by atoms with Crippen LogP contribution in [0.3, 0.4) is 0 Å². The summed E-state index contributed by atoms with van der Waals surface area (Å²) < 4.78 is 32.6. The van der Waals surface area contributed by atoms with E-state index in [0.717, 1.165) is 27.8 Å². The number of nitrogens with zero attached hydrogens (tertiary/aromatic N) is 3. The number of pyridine rings is 1. The van der Waals surface area contributed by atoms with Crippen molar-refractivity contribution in [3.63, 3.8) is 0 Å². The van der Waals surface area contributed by atoms with Crippen LogP contribution in [0.4, 0.5) is 5.82 Å². The standard InChI is InChI=1S/C24H27N4O2S/c1-17-16-23(26-31(29,30)19-13-11-18(12-14-19)24(2,3)4)28(25-17)22-10-6-9-21-20(22)8-7-15-27(21)5/h6-16,26H,1-5H3/q+1. The van der Waals surface area contributed by atoms with Gasteiger partial charge >= 0.3 is 0 Å². The highest BCUT2D eigenvalue weighted by Gasteiger charge is 2.21. The highest BCUT2D eigenvalue weighted by molar-refractivity contribution is 7.92. The van der Waals surface area contributed by atoms with Crippen LogP contribution in [-0.2, 0) is 22.5 Å². The third-order valence-electron chi connectivity index (χ3n) is 5.34. The fourth-order valence-electron chi connectivity index (χ4n) is 3.64. The molecule has 2 aromatic heterocycles. The normalized spacial score (nSPS) is 12.3. The molecule has 0 atom stereocenters. The minimum atomic E-state index is -3.77. The summed E-state index contributed by atoms with van der Waals surface area (Å²) in [6.07, 6.45) is 1.98. The lowest BCUT2D eigenvalue weighted by Gasteiger charge is -2.19. The van der Waals surface area contributed by atoms with E-state index in [2.05, 4.69) is 30.6 Å². The molecule has 2 aromatic carbocycles. The first kappa shape index (κ1) is 21.1. The van der Waals surface area contributed by atoms with Crippen LogP contribution in [0.25, 0.3) is 16.6 Å². The molecule has 0 saturated carbocycles. The maximum absolute atomic E-state index is 13.1. The number of rotatable bonds is 4. The van der Waals surface area contributed by atoms with Crippen molar-refractivity contribution in [2.45, 2.75) is 38.0 Å². The third-order valence-corrected chi connectivity index (χ3v) is 6.71. The summed E-state index contributed by atoms with van der Waals surface area (Å²) in [5, 5.41) is 5.54. The van der Waals surface area contributed by atoms with E-state index in [1.54, 1.807) is 22.9 Å².